The first kappa shape index (κ1) is 22.6. The highest BCUT2D eigenvalue weighted by Gasteiger charge is 2.29. The van der Waals surface area contributed by atoms with Crippen LogP contribution in [0.4, 0.5) is 0 Å². The third-order valence-corrected chi connectivity index (χ3v) is 6.14. The van der Waals surface area contributed by atoms with Gasteiger partial charge in [-0.2, -0.15) is 0 Å². The number of ketones is 2. The molecule has 2 aromatic carbocycles. The van der Waals surface area contributed by atoms with Crippen LogP contribution in [0.5, 0.6) is 0 Å². The highest BCUT2D eigenvalue weighted by molar-refractivity contribution is 6.18. The average molecular weight is 446 g/mol. The van der Waals surface area contributed by atoms with Gasteiger partial charge in [-0.15, -0.1) is 0 Å². The summed E-state index contributed by atoms with van der Waals surface area (Å²) in [6.45, 7) is 5.21. The largest absolute Gasteiger partial charge is 0.422 e. The highest BCUT2D eigenvalue weighted by Crippen LogP contribution is 2.28. The molecule has 2 atom stereocenters. The van der Waals surface area contributed by atoms with Crippen molar-refractivity contribution in [3.63, 3.8) is 0 Å². The first-order chi connectivity index (χ1) is 15.7. The van der Waals surface area contributed by atoms with Gasteiger partial charge < -0.3 is 20.9 Å². The number of hydrogen-bond acceptors (Lipinski definition) is 6. The van der Waals surface area contributed by atoms with Gasteiger partial charge in [0.25, 0.3) is 0 Å². The summed E-state index contributed by atoms with van der Waals surface area (Å²) < 4.78 is 5.41. The molecule has 0 radical (unpaired) electrons. The molecular formula is C26H27N3O4. The molecule has 5 N–H and O–H groups in total. The molecule has 0 aliphatic rings. The van der Waals surface area contributed by atoms with Crippen molar-refractivity contribution in [2.75, 3.05) is 0 Å². The molecule has 2 aromatic heterocycles. The number of aromatic nitrogens is 1. The molecule has 7 nitrogen and oxygen atoms in total. The number of carbonyl (C=O) groups excluding carboxylic acids is 2. The van der Waals surface area contributed by atoms with E-state index >= 15 is 0 Å². The van der Waals surface area contributed by atoms with Crippen LogP contribution in [0, 0.1) is 12.8 Å². The average Bonchev–Trinajstić information content (AvgIpc) is 3.21. The lowest BCUT2D eigenvalue weighted by molar-refractivity contribution is 0.0942. The molecule has 0 bridgehead atoms. The van der Waals surface area contributed by atoms with Gasteiger partial charge in [0.15, 0.2) is 11.6 Å². The molecule has 0 fully saturated rings. The SMILES string of the molecule is Cc1c(C(=O)C(N)Cc2c[nH]c3ccccc23)c2c(C(=O)C(N)C(C)C)cccc2oc1=O. The Balaban J connectivity index is 1.83. The zero-order valence-electron chi connectivity index (χ0n) is 18.8. The number of fused-ring (bicyclic) bond motifs is 2. The lowest BCUT2D eigenvalue weighted by atomic mass is 9.88. The van der Waals surface area contributed by atoms with Crippen molar-refractivity contribution in [1.82, 2.24) is 4.98 Å². The van der Waals surface area contributed by atoms with E-state index in [0.717, 1.165) is 16.5 Å². The van der Waals surface area contributed by atoms with Crippen LogP contribution in [0.25, 0.3) is 21.9 Å². The standard InChI is InChI=1S/C26H27N3O4/c1-13(2)23(28)24(30)17-8-6-10-20-22(17)21(14(3)26(32)33-20)25(31)18(27)11-15-12-29-19-9-5-4-7-16(15)19/h4-10,12-13,18,23,29H,11,27-28H2,1-3H3. The number of para-hydroxylation sites is 1. The number of hydrogen-bond donors (Lipinski definition) is 3. The van der Waals surface area contributed by atoms with Crippen LogP contribution in [-0.4, -0.2) is 28.6 Å². The van der Waals surface area contributed by atoms with E-state index in [0.29, 0.717) is 0 Å². The van der Waals surface area contributed by atoms with Crippen LogP contribution in [0.1, 0.15) is 45.7 Å². The fourth-order valence-corrected chi connectivity index (χ4v) is 4.15. The molecule has 4 aromatic rings. The Morgan fingerprint density at radius 1 is 1.03 bits per heavy atom. The van der Waals surface area contributed by atoms with Gasteiger partial charge >= 0.3 is 5.63 Å². The van der Waals surface area contributed by atoms with E-state index in [1.807, 2.05) is 44.3 Å². The fourth-order valence-electron chi connectivity index (χ4n) is 4.15. The topological polar surface area (TPSA) is 132 Å². The van der Waals surface area contributed by atoms with E-state index in [1.54, 1.807) is 18.2 Å². The number of Topliss-reactive ketones (excluding diaryl/α,β-unsaturated/α-hetero) is 2. The maximum Gasteiger partial charge on any atom is 0.339 e. The second-order valence-corrected chi connectivity index (χ2v) is 8.74. The van der Waals surface area contributed by atoms with Crippen molar-refractivity contribution >= 4 is 33.4 Å². The smallest absolute Gasteiger partial charge is 0.339 e. The van der Waals surface area contributed by atoms with Gasteiger partial charge in [0, 0.05) is 39.2 Å². The molecular weight excluding hydrogens is 418 g/mol. The van der Waals surface area contributed by atoms with E-state index in [1.165, 1.54) is 6.92 Å². The summed E-state index contributed by atoms with van der Waals surface area (Å²) in [6.07, 6.45) is 2.10. The lowest BCUT2D eigenvalue weighted by Crippen LogP contribution is -2.37. The molecule has 2 heterocycles. The van der Waals surface area contributed by atoms with Crippen LogP contribution in [-0.2, 0) is 6.42 Å². The van der Waals surface area contributed by atoms with E-state index < -0.39 is 23.5 Å². The number of carbonyl (C=O) groups is 2. The number of aromatic amines is 1. The van der Waals surface area contributed by atoms with Crippen molar-refractivity contribution in [2.45, 2.75) is 39.3 Å². The molecule has 0 spiro atoms. The summed E-state index contributed by atoms with van der Waals surface area (Å²) in [5, 5.41) is 1.27. The minimum absolute atomic E-state index is 0.104. The van der Waals surface area contributed by atoms with Crippen molar-refractivity contribution in [2.24, 2.45) is 17.4 Å². The molecule has 0 aliphatic heterocycles. The van der Waals surface area contributed by atoms with Gasteiger partial charge in [0.2, 0.25) is 0 Å². The zero-order valence-corrected chi connectivity index (χ0v) is 18.8. The number of benzene rings is 2. The maximum atomic E-state index is 13.6. The molecule has 7 heteroatoms. The Bertz CT molecular complexity index is 1430. The minimum atomic E-state index is -0.921. The summed E-state index contributed by atoms with van der Waals surface area (Å²) in [4.78, 5) is 42.5. The summed E-state index contributed by atoms with van der Waals surface area (Å²) in [7, 11) is 0. The summed E-state index contributed by atoms with van der Waals surface area (Å²) in [5.74, 6) is -0.843. The van der Waals surface area contributed by atoms with Crippen LogP contribution < -0.4 is 17.1 Å². The van der Waals surface area contributed by atoms with Crippen molar-refractivity contribution in [3.05, 3.63) is 81.3 Å². The van der Waals surface area contributed by atoms with Crippen molar-refractivity contribution in [3.8, 4) is 0 Å². The molecule has 0 saturated carbocycles. The minimum Gasteiger partial charge on any atom is -0.422 e. The van der Waals surface area contributed by atoms with Gasteiger partial charge in [-0.25, -0.2) is 4.79 Å². The molecule has 0 amide bonds. The second-order valence-electron chi connectivity index (χ2n) is 8.74. The quantitative estimate of drug-likeness (QED) is 0.295. The van der Waals surface area contributed by atoms with Crippen LogP contribution >= 0.6 is 0 Å². The number of nitrogens with one attached hydrogen (secondary N) is 1. The van der Waals surface area contributed by atoms with E-state index in [4.69, 9.17) is 15.9 Å². The van der Waals surface area contributed by atoms with E-state index in [2.05, 4.69) is 4.98 Å². The third-order valence-electron chi connectivity index (χ3n) is 6.14. The number of nitrogens with two attached hydrogens (primary N) is 2. The Hall–Kier alpha value is -3.55. The fraction of sp³-hybridized carbons (Fsp3) is 0.269. The van der Waals surface area contributed by atoms with Gasteiger partial charge in [-0.3, -0.25) is 9.59 Å². The lowest BCUT2D eigenvalue weighted by Gasteiger charge is -2.18. The molecule has 170 valence electrons. The monoisotopic (exact) mass is 445 g/mol. The summed E-state index contributed by atoms with van der Waals surface area (Å²) >= 11 is 0. The molecule has 0 aliphatic carbocycles. The second kappa shape index (κ2) is 8.77. The first-order valence-corrected chi connectivity index (χ1v) is 10.9. The van der Waals surface area contributed by atoms with Gasteiger partial charge in [0.1, 0.15) is 5.58 Å². The summed E-state index contributed by atoms with van der Waals surface area (Å²) in [6, 6.07) is 10.9. The summed E-state index contributed by atoms with van der Waals surface area (Å²) in [5.41, 5.74) is 14.4. The van der Waals surface area contributed by atoms with Crippen LogP contribution in [0.2, 0.25) is 0 Å². The third kappa shape index (κ3) is 4.01. The first-order valence-electron chi connectivity index (χ1n) is 10.9. The Labute approximate surface area is 190 Å². The van der Waals surface area contributed by atoms with E-state index in [-0.39, 0.29) is 45.8 Å². The van der Waals surface area contributed by atoms with Crippen LogP contribution in [0.3, 0.4) is 0 Å². The van der Waals surface area contributed by atoms with E-state index in [9.17, 15) is 14.4 Å². The van der Waals surface area contributed by atoms with Gasteiger partial charge in [-0.1, -0.05) is 44.2 Å². The Kier molecular flexibility index (Phi) is 6.01. The van der Waals surface area contributed by atoms with Crippen molar-refractivity contribution < 1.29 is 14.0 Å². The normalized spacial score (nSPS) is 13.5. The van der Waals surface area contributed by atoms with Gasteiger partial charge in [-0.05, 0) is 37.0 Å². The number of H-pyrrole nitrogens is 1. The predicted molar refractivity (Wildman–Crippen MR) is 129 cm³/mol. The molecule has 4 rings (SSSR count). The maximum absolute atomic E-state index is 13.6. The molecule has 2 unspecified atom stereocenters. The zero-order chi connectivity index (χ0) is 23.9. The molecule has 0 saturated heterocycles. The predicted octanol–water partition coefficient (Wildman–Crippen LogP) is 3.50. The Morgan fingerprint density at radius 2 is 1.76 bits per heavy atom. The highest BCUT2D eigenvalue weighted by atomic mass is 16.4. The molecule has 33 heavy (non-hydrogen) atoms. The Morgan fingerprint density at radius 3 is 2.48 bits per heavy atom. The van der Waals surface area contributed by atoms with Gasteiger partial charge in [0.05, 0.1) is 12.1 Å². The number of rotatable bonds is 7. The van der Waals surface area contributed by atoms with Crippen molar-refractivity contribution in [1.29, 1.82) is 0 Å². The van der Waals surface area contributed by atoms with Crippen LogP contribution in [0.15, 0.2) is 57.9 Å².